The van der Waals surface area contributed by atoms with Gasteiger partial charge in [-0.15, -0.1) is 0 Å². The number of carbonyl (C=O) groups excluding carboxylic acids is 1. The van der Waals surface area contributed by atoms with Gasteiger partial charge in [-0.3, -0.25) is 0 Å². The first kappa shape index (κ1) is 16.1. The fourth-order valence-corrected chi connectivity index (χ4v) is 2.70. The van der Waals surface area contributed by atoms with Gasteiger partial charge in [0.15, 0.2) is 0 Å². The van der Waals surface area contributed by atoms with E-state index in [1.54, 1.807) is 19.1 Å². The van der Waals surface area contributed by atoms with Crippen molar-refractivity contribution < 1.29 is 18.7 Å². The van der Waals surface area contributed by atoms with Crippen LogP contribution in [0.25, 0.3) is 0 Å². The molecule has 126 valence electrons. The molecule has 1 aromatic carbocycles. The highest BCUT2D eigenvalue weighted by atomic mass is 19.1. The lowest BCUT2D eigenvalue weighted by Gasteiger charge is -2.29. The molecule has 1 atom stereocenters. The Kier molecular flexibility index (Phi) is 4.57. The third-order valence-corrected chi connectivity index (χ3v) is 3.63. The zero-order valence-electron chi connectivity index (χ0n) is 13.3. The Balaban J connectivity index is 2.17. The number of aromatic nitrogens is 3. The number of anilines is 1. The number of nitrogens with zero attached hydrogens (tertiary/aromatic N) is 3. The van der Waals surface area contributed by atoms with Crippen LogP contribution in [-0.2, 0) is 14.3 Å². The lowest BCUT2D eigenvalue weighted by atomic mass is 9.95. The number of ether oxygens (including phenoxy) is 2. The van der Waals surface area contributed by atoms with Crippen molar-refractivity contribution in [1.29, 1.82) is 0 Å². The Hall–Kier alpha value is -2.74. The van der Waals surface area contributed by atoms with E-state index in [4.69, 9.17) is 9.47 Å². The summed E-state index contributed by atoms with van der Waals surface area (Å²) in [4.78, 5) is 16.7. The largest absolute Gasteiger partial charge is 0.463 e. The van der Waals surface area contributed by atoms with Gasteiger partial charge in [0.1, 0.15) is 18.2 Å². The predicted molar refractivity (Wildman–Crippen MR) is 83.7 cm³/mol. The maximum atomic E-state index is 13.7. The second-order valence-corrected chi connectivity index (χ2v) is 5.16. The van der Waals surface area contributed by atoms with Crippen LogP contribution in [0.15, 0.2) is 41.9 Å². The van der Waals surface area contributed by atoms with Gasteiger partial charge in [-0.05, 0) is 24.6 Å². The minimum atomic E-state index is -0.649. The molecule has 0 amide bonds. The topological polar surface area (TPSA) is 78.3 Å². The Morgan fingerprint density at radius 1 is 1.46 bits per heavy atom. The monoisotopic (exact) mass is 332 g/mol. The normalized spacial score (nSPS) is 16.5. The summed E-state index contributed by atoms with van der Waals surface area (Å²) in [6.07, 6.45) is 1.37. The summed E-state index contributed by atoms with van der Waals surface area (Å²) in [5, 5.41) is 7.20. The summed E-state index contributed by atoms with van der Waals surface area (Å²) in [6, 6.07) is 5.38. The Morgan fingerprint density at radius 2 is 2.29 bits per heavy atom. The van der Waals surface area contributed by atoms with Crippen LogP contribution in [-0.4, -0.2) is 41.1 Å². The third kappa shape index (κ3) is 2.88. The molecule has 0 saturated heterocycles. The molecule has 3 rings (SSSR count). The molecule has 1 N–H and O–H groups in total. The fourth-order valence-electron chi connectivity index (χ4n) is 2.70. The molecule has 0 aliphatic carbocycles. The number of halogens is 1. The Labute approximate surface area is 138 Å². The molecule has 8 heteroatoms. The van der Waals surface area contributed by atoms with Gasteiger partial charge in [0.25, 0.3) is 0 Å². The molecule has 0 bridgehead atoms. The zero-order valence-corrected chi connectivity index (χ0v) is 13.3. The van der Waals surface area contributed by atoms with E-state index in [-0.39, 0.29) is 13.2 Å². The molecule has 0 spiro atoms. The Bertz CT molecular complexity index is 787. The number of fused-ring (bicyclic) bond motifs is 1. The second-order valence-electron chi connectivity index (χ2n) is 5.16. The fraction of sp³-hybridized carbons (Fsp3) is 0.312. The van der Waals surface area contributed by atoms with Gasteiger partial charge in [0, 0.05) is 7.11 Å². The van der Waals surface area contributed by atoms with Crippen LogP contribution in [0.2, 0.25) is 0 Å². The smallest absolute Gasteiger partial charge is 0.338 e. The van der Waals surface area contributed by atoms with E-state index in [9.17, 15) is 9.18 Å². The van der Waals surface area contributed by atoms with Gasteiger partial charge in [0.05, 0.1) is 24.5 Å². The van der Waals surface area contributed by atoms with E-state index in [1.165, 1.54) is 30.3 Å². The molecule has 7 nitrogen and oxygen atoms in total. The second kappa shape index (κ2) is 6.79. The molecule has 1 aromatic heterocycles. The van der Waals surface area contributed by atoms with E-state index in [2.05, 4.69) is 15.4 Å². The number of esters is 1. The van der Waals surface area contributed by atoms with Crippen molar-refractivity contribution >= 4 is 11.9 Å². The number of hydrogen-bond donors (Lipinski definition) is 1. The van der Waals surface area contributed by atoms with Gasteiger partial charge in [-0.2, -0.15) is 10.1 Å². The lowest BCUT2D eigenvalue weighted by Crippen LogP contribution is -2.31. The molecule has 0 fully saturated rings. The third-order valence-electron chi connectivity index (χ3n) is 3.63. The number of rotatable bonds is 5. The molecular formula is C16H17FN4O3. The minimum Gasteiger partial charge on any atom is -0.463 e. The summed E-state index contributed by atoms with van der Waals surface area (Å²) in [5.41, 5.74) is 1.41. The number of carbonyl (C=O) groups is 1. The van der Waals surface area contributed by atoms with Crippen molar-refractivity contribution in [2.45, 2.75) is 13.0 Å². The first-order chi connectivity index (χ1) is 11.7. The number of benzene rings is 1. The maximum absolute atomic E-state index is 13.7. The van der Waals surface area contributed by atoms with Gasteiger partial charge in [-0.1, -0.05) is 12.1 Å². The van der Waals surface area contributed by atoms with Crippen LogP contribution < -0.4 is 5.32 Å². The van der Waals surface area contributed by atoms with Gasteiger partial charge in [0.2, 0.25) is 5.95 Å². The van der Waals surface area contributed by atoms with Gasteiger partial charge in [-0.25, -0.2) is 13.9 Å². The van der Waals surface area contributed by atoms with E-state index >= 15 is 0 Å². The van der Waals surface area contributed by atoms with Crippen molar-refractivity contribution in [1.82, 2.24) is 14.8 Å². The molecule has 0 radical (unpaired) electrons. The predicted octanol–water partition coefficient (Wildman–Crippen LogP) is 1.90. The zero-order chi connectivity index (χ0) is 17.1. The van der Waals surface area contributed by atoms with Crippen LogP contribution >= 0.6 is 0 Å². The van der Waals surface area contributed by atoms with E-state index < -0.39 is 17.8 Å². The summed E-state index contributed by atoms with van der Waals surface area (Å²) in [7, 11) is 1.52. The average molecular weight is 332 g/mol. The number of hydrogen-bond acceptors (Lipinski definition) is 6. The van der Waals surface area contributed by atoms with Crippen molar-refractivity contribution in [2.24, 2.45) is 0 Å². The van der Waals surface area contributed by atoms with Crippen molar-refractivity contribution in [3.8, 4) is 0 Å². The van der Waals surface area contributed by atoms with Crippen LogP contribution in [0, 0.1) is 5.82 Å². The molecule has 2 aromatic rings. The highest BCUT2D eigenvalue weighted by molar-refractivity contribution is 5.92. The van der Waals surface area contributed by atoms with Crippen molar-refractivity contribution in [3.63, 3.8) is 0 Å². The molecule has 1 aliphatic rings. The molecule has 0 unspecified atom stereocenters. The van der Waals surface area contributed by atoms with Crippen molar-refractivity contribution in [3.05, 3.63) is 53.2 Å². The van der Waals surface area contributed by atoms with Gasteiger partial charge >= 0.3 is 5.97 Å². The summed E-state index contributed by atoms with van der Waals surface area (Å²) in [6.45, 7) is 2.11. The summed E-state index contributed by atoms with van der Waals surface area (Å²) >= 11 is 0. The van der Waals surface area contributed by atoms with Crippen LogP contribution in [0.5, 0.6) is 0 Å². The van der Waals surface area contributed by atoms with Crippen LogP contribution in [0.3, 0.4) is 0 Å². The van der Waals surface area contributed by atoms with E-state index in [0.29, 0.717) is 22.8 Å². The first-order valence-corrected chi connectivity index (χ1v) is 7.46. The lowest BCUT2D eigenvalue weighted by molar-refractivity contribution is -0.139. The van der Waals surface area contributed by atoms with Crippen molar-refractivity contribution in [2.75, 3.05) is 25.6 Å². The SMILES string of the molecule is CCOC(=O)C1=C(COC)Nc2ncnn2[C@@H]1c1cccc(F)c1. The van der Waals surface area contributed by atoms with E-state index in [0.717, 1.165) is 0 Å². The summed E-state index contributed by atoms with van der Waals surface area (Å²) < 4.78 is 25.6. The molecule has 1 aliphatic heterocycles. The summed E-state index contributed by atoms with van der Waals surface area (Å²) in [5.74, 6) is -0.457. The van der Waals surface area contributed by atoms with Crippen LogP contribution in [0.4, 0.5) is 10.3 Å². The highest BCUT2D eigenvalue weighted by Crippen LogP contribution is 2.35. The molecular weight excluding hydrogens is 315 g/mol. The molecule has 24 heavy (non-hydrogen) atoms. The molecule has 0 saturated carbocycles. The highest BCUT2D eigenvalue weighted by Gasteiger charge is 2.35. The quantitative estimate of drug-likeness (QED) is 0.843. The maximum Gasteiger partial charge on any atom is 0.338 e. The first-order valence-electron chi connectivity index (χ1n) is 7.46. The number of nitrogens with one attached hydrogen (secondary N) is 1. The van der Waals surface area contributed by atoms with Gasteiger partial charge < -0.3 is 14.8 Å². The Morgan fingerprint density at radius 3 is 3.00 bits per heavy atom. The van der Waals surface area contributed by atoms with E-state index in [1.807, 2.05) is 0 Å². The molecule has 2 heterocycles. The number of methoxy groups -OCH3 is 1. The standard InChI is InChI=1S/C16H17FN4O3/c1-3-24-15(22)13-12(8-23-2)20-16-18-9-19-21(16)14(13)10-5-4-6-11(17)7-10/h4-7,9,14H,3,8H2,1-2H3,(H,18,19,20)/t14-/m1/s1. The van der Waals surface area contributed by atoms with Crippen LogP contribution in [0.1, 0.15) is 18.5 Å². The average Bonchev–Trinajstić information content (AvgIpc) is 3.02. The minimum absolute atomic E-state index is 0.160.